The number of hydrogen-bond acceptors (Lipinski definition) is 5. The van der Waals surface area contributed by atoms with Crippen molar-refractivity contribution in [2.75, 3.05) is 10.8 Å². The van der Waals surface area contributed by atoms with Crippen molar-refractivity contribution in [1.82, 2.24) is 4.98 Å². The van der Waals surface area contributed by atoms with E-state index in [1.54, 1.807) is 11.9 Å². The molecule has 0 saturated heterocycles. The Balaban J connectivity index is 1.95. The van der Waals surface area contributed by atoms with Crippen LogP contribution in [0.25, 0.3) is 11.1 Å². The largest absolute Gasteiger partial charge is 0.479 e. The van der Waals surface area contributed by atoms with Crippen molar-refractivity contribution in [1.29, 1.82) is 0 Å². The molecule has 2 heterocycles. The van der Waals surface area contributed by atoms with Gasteiger partial charge in [0.15, 0.2) is 6.10 Å². The fourth-order valence-corrected chi connectivity index (χ4v) is 5.53. The number of pyridine rings is 1. The Kier molecular flexibility index (Phi) is 7.25. The number of aliphatic carboxylic acids is 1. The number of anilines is 1. The van der Waals surface area contributed by atoms with Gasteiger partial charge in [0.05, 0.1) is 5.60 Å². The van der Waals surface area contributed by atoms with E-state index < -0.39 is 17.7 Å². The molecule has 5 nitrogen and oxygen atoms in total. The van der Waals surface area contributed by atoms with Gasteiger partial charge >= 0.3 is 5.97 Å². The van der Waals surface area contributed by atoms with Gasteiger partial charge in [-0.05, 0) is 95.2 Å². The number of ether oxygens (including phenoxy) is 1. The lowest BCUT2D eigenvalue weighted by atomic mass is 9.87. The van der Waals surface area contributed by atoms with Gasteiger partial charge in [0.25, 0.3) is 0 Å². The number of carboxylic acid groups (broad SMARTS) is 1. The molecule has 2 aromatic carbocycles. The van der Waals surface area contributed by atoms with E-state index in [4.69, 9.17) is 9.72 Å². The predicted molar refractivity (Wildman–Crippen MR) is 143 cm³/mol. The highest BCUT2D eigenvalue weighted by molar-refractivity contribution is 8.00. The van der Waals surface area contributed by atoms with E-state index in [1.165, 1.54) is 5.56 Å². The topological polar surface area (TPSA) is 62.7 Å². The van der Waals surface area contributed by atoms with Crippen LogP contribution in [0, 0.1) is 20.8 Å². The molecular weight excluding hydrogens is 456 g/mol. The maximum absolute atomic E-state index is 12.7. The van der Waals surface area contributed by atoms with E-state index in [-0.39, 0.29) is 0 Å². The normalized spacial score (nSPS) is 14.5. The van der Waals surface area contributed by atoms with Crippen molar-refractivity contribution in [3.63, 3.8) is 0 Å². The minimum absolute atomic E-state index is 0.624. The molecule has 0 radical (unpaired) electrons. The van der Waals surface area contributed by atoms with Crippen LogP contribution in [0.15, 0.2) is 53.4 Å². The standard InChI is InChI=1S/C29H34N2O3S/c1-18-14-15-21(17-19(18)2)24-20(3)30-27-23(25(24)26(28(32)33)34-29(4,5)6)13-10-16-31(27)35-22-11-8-7-9-12-22/h7-9,11-12,14-15,17,26H,10,13,16H2,1-6H3,(H,32,33). The van der Waals surface area contributed by atoms with E-state index >= 15 is 0 Å². The number of nitrogens with zero attached hydrogens (tertiary/aromatic N) is 2. The van der Waals surface area contributed by atoms with Crippen LogP contribution in [-0.2, 0) is 16.0 Å². The van der Waals surface area contributed by atoms with Crippen molar-refractivity contribution >= 4 is 23.7 Å². The van der Waals surface area contributed by atoms with Gasteiger partial charge in [0, 0.05) is 33.8 Å². The highest BCUT2D eigenvalue weighted by atomic mass is 32.2. The third-order valence-electron chi connectivity index (χ3n) is 6.24. The van der Waals surface area contributed by atoms with Gasteiger partial charge in [-0.15, -0.1) is 0 Å². The summed E-state index contributed by atoms with van der Waals surface area (Å²) in [6.45, 7) is 12.7. The lowest BCUT2D eigenvalue weighted by molar-refractivity contribution is -0.160. The molecule has 1 aromatic heterocycles. The third-order valence-corrected chi connectivity index (χ3v) is 7.30. The summed E-state index contributed by atoms with van der Waals surface area (Å²) in [4.78, 5) is 18.9. The Labute approximate surface area is 212 Å². The Hall–Kier alpha value is -2.83. The average Bonchev–Trinajstić information content (AvgIpc) is 2.79. The van der Waals surface area contributed by atoms with Gasteiger partial charge in [-0.3, -0.25) is 4.31 Å². The zero-order valence-electron chi connectivity index (χ0n) is 21.4. The fraction of sp³-hybridized carbons (Fsp3) is 0.379. The number of hydrogen-bond donors (Lipinski definition) is 1. The molecule has 3 aromatic rings. The van der Waals surface area contributed by atoms with Gasteiger partial charge in [0.2, 0.25) is 0 Å². The number of carboxylic acids is 1. The van der Waals surface area contributed by atoms with Crippen molar-refractivity contribution in [2.45, 2.75) is 71.0 Å². The maximum atomic E-state index is 12.7. The Morgan fingerprint density at radius 2 is 1.80 bits per heavy atom. The van der Waals surface area contributed by atoms with Crippen LogP contribution in [0.5, 0.6) is 0 Å². The molecule has 184 valence electrons. The second-order valence-corrected chi connectivity index (χ2v) is 11.2. The minimum atomic E-state index is -1.09. The predicted octanol–water partition coefficient (Wildman–Crippen LogP) is 7.07. The van der Waals surface area contributed by atoms with Crippen molar-refractivity contribution in [2.24, 2.45) is 0 Å². The molecule has 0 fully saturated rings. The number of fused-ring (bicyclic) bond motifs is 1. The molecule has 0 amide bonds. The van der Waals surface area contributed by atoms with Crippen molar-refractivity contribution in [3.8, 4) is 11.1 Å². The Morgan fingerprint density at radius 3 is 2.43 bits per heavy atom. The van der Waals surface area contributed by atoms with Crippen LogP contribution in [0.1, 0.15) is 61.2 Å². The first-order chi connectivity index (χ1) is 16.5. The van der Waals surface area contributed by atoms with Crippen LogP contribution in [0.4, 0.5) is 5.82 Å². The SMILES string of the molecule is Cc1ccc(-c2c(C)nc3c(c2C(OC(C)(C)C)C(=O)O)CCCN3Sc2ccccc2)cc1C. The molecule has 0 saturated carbocycles. The summed E-state index contributed by atoms with van der Waals surface area (Å²) in [6, 6.07) is 16.5. The molecular formula is C29H34N2O3S. The zero-order chi connectivity index (χ0) is 25.3. The summed E-state index contributed by atoms with van der Waals surface area (Å²) in [5.41, 5.74) is 6.10. The summed E-state index contributed by atoms with van der Waals surface area (Å²) in [5.74, 6) is -0.139. The van der Waals surface area contributed by atoms with E-state index in [0.29, 0.717) is 0 Å². The fourth-order valence-electron chi connectivity index (χ4n) is 4.54. The number of benzene rings is 2. The highest BCUT2D eigenvalue weighted by Crippen LogP contribution is 2.44. The van der Waals surface area contributed by atoms with Gasteiger partial charge in [-0.2, -0.15) is 0 Å². The van der Waals surface area contributed by atoms with Crippen LogP contribution in [0.2, 0.25) is 0 Å². The quantitative estimate of drug-likeness (QED) is 0.373. The van der Waals surface area contributed by atoms with Crippen molar-refractivity contribution < 1.29 is 14.6 Å². The van der Waals surface area contributed by atoms with Gasteiger partial charge in [0.1, 0.15) is 5.82 Å². The van der Waals surface area contributed by atoms with Gasteiger partial charge in [-0.1, -0.05) is 36.4 Å². The molecule has 4 rings (SSSR count). The molecule has 0 aliphatic carbocycles. The third kappa shape index (κ3) is 5.54. The number of carbonyl (C=O) groups is 1. The Morgan fingerprint density at radius 1 is 1.09 bits per heavy atom. The van der Waals surface area contributed by atoms with E-state index in [1.807, 2.05) is 45.9 Å². The zero-order valence-corrected chi connectivity index (χ0v) is 22.2. The molecule has 1 atom stereocenters. The number of rotatable bonds is 6. The highest BCUT2D eigenvalue weighted by Gasteiger charge is 2.36. The van der Waals surface area contributed by atoms with Crippen LogP contribution < -0.4 is 4.31 Å². The molecule has 35 heavy (non-hydrogen) atoms. The second kappa shape index (κ2) is 10.0. The summed E-state index contributed by atoms with van der Waals surface area (Å²) < 4.78 is 8.42. The monoisotopic (exact) mass is 490 g/mol. The van der Waals surface area contributed by atoms with Crippen LogP contribution in [0.3, 0.4) is 0 Å². The molecule has 6 heteroatoms. The Bertz CT molecular complexity index is 1230. The number of aryl methyl sites for hydroxylation is 3. The first kappa shape index (κ1) is 25.3. The van der Waals surface area contributed by atoms with E-state index in [9.17, 15) is 9.90 Å². The van der Waals surface area contributed by atoms with Crippen LogP contribution >= 0.6 is 11.9 Å². The lowest BCUT2D eigenvalue weighted by Crippen LogP contribution is -2.31. The van der Waals surface area contributed by atoms with E-state index in [2.05, 4.69) is 48.5 Å². The summed E-state index contributed by atoms with van der Waals surface area (Å²) in [7, 11) is 0. The molecule has 0 bridgehead atoms. The summed E-state index contributed by atoms with van der Waals surface area (Å²) in [6.07, 6.45) is 0.585. The summed E-state index contributed by atoms with van der Waals surface area (Å²) >= 11 is 1.65. The number of aromatic nitrogens is 1. The van der Waals surface area contributed by atoms with Crippen LogP contribution in [-0.4, -0.2) is 28.2 Å². The van der Waals surface area contributed by atoms with Gasteiger partial charge < -0.3 is 9.84 Å². The molecule has 0 spiro atoms. The maximum Gasteiger partial charge on any atom is 0.337 e. The molecule has 1 unspecified atom stereocenters. The second-order valence-electron chi connectivity index (χ2n) is 10.1. The first-order valence-electron chi connectivity index (χ1n) is 12.1. The first-order valence-corrected chi connectivity index (χ1v) is 12.8. The molecule has 1 aliphatic rings. The minimum Gasteiger partial charge on any atom is -0.479 e. The smallest absolute Gasteiger partial charge is 0.337 e. The summed E-state index contributed by atoms with van der Waals surface area (Å²) in [5, 5.41) is 10.4. The average molecular weight is 491 g/mol. The van der Waals surface area contributed by atoms with E-state index in [0.717, 1.165) is 63.6 Å². The molecule has 1 N–H and O–H groups in total. The lowest BCUT2D eigenvalue weighted by Gasteiger charge is -2.34. The molecule has 1 aliphatic heterocycles. The van der Waals surface area contributed by atoms with Crippen molar-refractivity contribution in [3.05, 3.63) is 76.5 Å². The van der Waals surface area contributed by atoms with Gasteiger partial charge in [-0.25, -0.2) is 9.78 Å².